The molecule has 2 amide bonds. The monoisotopic (exact) mass is 341 g/mol. The van der Waals surface area contributed by atoms with Crippen LogP contribution in [0.3, 0.4) is 0 Å². The molecule has 2 aliphatic rings. The summed E-state index contributed by atoms with van der Waals surface area (Å²) in [6.07, 6.45) is 2.99. The van der Waals surface area contributed by atoms with Crippen LogP contribution in [0.1, 0.15) is 30.0 Å². The summed E-state index contributed by atoms with van der Waals surface area (Å²) in [6.45, 7) is 0.159. The highest BCUT2D eigenvalue weighted by Gasteiger charge is 2.26. The highest BCUT2D eigenvalue weighted by atomic mass is 35.5. The molecule has 0 radical (unpaired) electrons. The maximum atomic E-state index is 12.2. The van der Waals surface area contributed by atoms with Gasteiger partial charge in [-0.3, -0.25) is 9.59 Å². The van der Waals surface area contributed by atoms with Crippen LogP contribution in [0.15, 0.2) is 18.2 Å². The van der Waals surface area contributed by atoms with E-state index in [2.05, 4.69) is 5.32 Å². The smallest absolute Gasteiger partial charge is 0.240 e. The molecule has 5 nitrogen and oxygen atoms in total. The van der Waals surface area contributed by atoms with Gasteiger partial charge in [0.1, 0.15) is 6.54 Å². The van der Waals surface area contributed by atoms with Crippen molar-refractivity contribution in [1.29, 1.82) is 0 Å². The number of nitrogens with zero attached hydrogens (tertiary/aromatic N) is 1. The third kappa shape index (κ3) is 3.67. The number of amides is 2. The lowest BCUT2D eigenvalue weighted by molar-refractivity contribution is -0.132. The number of rotatable bonds is 3. The Morgan fingerprint density at radius 2 is 2.27 bits per heavy atom. The summed E-state index contributed by atoms with van der Waals surface area (Å²) < 4.78 is 0. The van der Waals surface area contributed by atoms with Crippen molar-refractivity contribution in [3.63, 3.8) is 0 Å². The van der Waals surface area contributed by atoms with Gasteiger partial charge in [-0.2, -0.15) is 0 Å². The van der Waals surface area contributed by atoms with Gasteiger partial charge in [0.2, 0.25) is 11.8 Å². The SMILES string of the molecule is Cl.Nc1ccc2c(c1)CCCC2NC(=O)CN1CSCC1=O. The fraction of sp³-hybridized carbons (Fsp3) is 0.467. The Bertz CT molecular complexity index is 582. The molecule has 0 spiro atoms. The number of nitrogens with two attached hydrogens (primary N) is 1. The first-order valence-electron chi connectivity index (χ1n) is 7.16. The molecule has 1 unspecified atom stereocenters. The highest BCUT2D eigenvalue weighted by Crippen LogP contribution is 2.31. The molecule has 7 heteroatoms. The van der Waals surface area contributed by atoms with Crippen LogP contribution in [-0.4, -0.2) is 34.9 Å². The van der Waals surface area contributed by atoms with Crippen molar-refractivity contribution in [2.75, 3.05) is 23.9 Å². The maximum Gasteiger partial charge on any atom is 0.240 e. The number of nitrogen functional groups attached to an aromatic ring is 1. The zero-order valence-electron chi connectivity index (χ0n) is 12.2. The normalized spacial score (nSPS) is 20.3. The average molecular weight is 342 g/mol. The Labute approximate surface area is 140 Å². The molecule has 0 saturated carbocycles. The van der Waals surface area contributed by atoms with E-state index in [1.165, 1.54) is 5.56 Å². The van der Waals surface area contributed by atoms with Gasteiger partial charge in [0.25, 0.3) is 0 Å². The van der Waals surface area contributed by atoms with E-state index in [4.69, 9.17) is 5.73 Å². The molecule has 120 valence electrons. The van der Waals surface area contributed by atoms with Crippen molar-refractivity contribution in [2.24, 2.45) is 0 Å². The quantitative estimate of drug-likeness (QED) is 0.821. The van der Waals surface area contributed by atoms with E-state index in [0.717, 1.165) is 30.5 Å². The molecule has 1 aromatic rings. The van der Waals surface area contributed by atoms with Crippen LogP contribution < -0.4 is 11.1 Å². The lowest BCUT2D eigenvalue weighted by Crippen LogP contribution is -2.40. The van der Waals surface area contributed by atoms with Gasteiger partial charge >= 0.3 is 0 Å². The zero-order chi connectivity index (χ0) is 14.8. The summed E-state index contributed by atoms with van der Waals surface area (Å²) in [7, 11) is 0. The predicted molar refractivity (Wildman–Crippen MR) is 91.0 cm³/mol. The second kappa shape index (κ2) is 7.24. The number of fused-ring (bicyclic) bond motifs is 1. The summed E-state index contributed by atoms with van der Waals surface area (Å²) in [5.41, 5.74) is 8.96. The van der Waals surface area contributed by atoms with Crippen molar-refractivity contribution in [3.05, 3.63) is 29.3 Å². The molecular weight excluding hydrogens is 322 g/mol. The molecule has 1 heterocycles. The van der Waals surface area contributed by atoms with Gasteiger partial charge in [-0.15, -0.1) is 24.2 Å². The van der Waals surface area contributed by atoms with E-state index in [9.17, 15) is 9.59 Å². The summed E-state index contributed by atoms with van der Waals surface area (Å²) in [4.78, 5) is 25.3. The van der Waals surface area contributed by atoms with Crippen LogP contribution in [0.5, 0.6) is 0 Å². The summed E-state index contributed by atoms with van der Waals surface area (Å²) in [5.74, 6) is 1.07. The fourth-order valence-corrected chi connectivity index (χ4v) is 3.84. The lowest BCUT2D eigenvalue weighted by Gasteiger charge is -2.27. The molecule has 1 atom stereocenters. The number of thioether (sulfide) groups is 1. The van der Waals surface area contributed by atoms with Crippen molar-refractivity contribution in [2.45, 2.75) is 25.3 Å². The summed E-state index contributed by atoms with van der Waals surface area (Å²) >= 11 is 1.55. The number of carbonyl (C=O) groups excluding carboxylic acids is 2. The van der Waals surface area contributed by atoms with E-state index >= 15 is 0 Å². The zero-order valence-corrected chi connectivity index (χ0v) is 13.8. The second-order valence-electron chi connectivity index (χ2n) is 5.54. The Hall–Kier alpha value is -1.40. The molecule has 3 rings (SSSR count). The van der Waals surface area contributed by atoms with Crippen LogP contribution >= 0.6 is 24.2 Å². The van der Waals surface area contributed by atoms with E-state index in [1.807, 2.05) is 18.2 Å². The van der Waals surface area contributed by atoms with Crippen molar-refractivity contribution in [3.8, 4) is 0 Å². The van der Waals surface area contributed by atoms with Gasteiger partial charge < -0.3 is 16.0 Å². The van der Waals surface area contributed by atoms with Gasteiger partial charge in [-0.05, 0) is 42.5 Å². The third-order valence-corrected chi connectivity index (χ3v) is 4.92. The first kappa shape index (κ1) is 17.0. The molecule has 3 N–H and O–H groups in total. The molecule has 1 aromatic carbocycles. The molecule has 1 saturated heterocycles. The van der Waals surface area contributed by atoms with E-state index in [-0.39, 0.29) is 36.8 Å². The Morgan fingerprint density at radius 3 is 3.00 bits per heavy atom. The number of carbonyl (C=O) groups is 2. The van der Waals surface area contributed by atoms with Crippen LogP contribution in [-0.2, 0) is 16.0 Å². The molecule has 1 fully saturated rings. The van der Waals surface area contributed by atoms with Gasteiger partial charge in [-0.25, -0.2) is 0 Å². The Balaban J connectivity index is 0.00000176. The van der Waals surface area contributed by atoms with Crippen LogP contribution in [0, 0.1) is 0 Å². The van der Waals surface area contributed by atoms with Crippen LogP contribution in [0.25, 0.3) is 0 Å². The van der Waals surface area contributed by atoms with Crippen molar-refractivity contribution < 1.29 is 9.59 Å². The molecular formula is C15H20ClN3O2S. The second-order valence-corrected chi connectivity index (χ2v) is 6.49. The minimum Gasteiger partial charge on any atom is -0.399 e. The van der Waals surface area contributed by atoms with Crippen LogP contribution in [0.4, 0.5) is 5.69 Å². The number of hydrogen-bond acceptors (Lipinski definition) is 4. The Kier molecular flexibility index (Phi) is 5.58. The Morgan fingerprint density at radius 1 is 1.45 bits per heavy atom. The number of hydrogen-bond donors (Lipinski definition) is 2. The van der Waals surface area contributed by atoms with E-state index < -0.39 is 0 Å². The fourth-order valence-electron chi connectivity index (χ4n) is 2.94. The van der Waals surface area contributed by atoms with Crippen molar-refractivity contribution >= 4 is 41.7 Å². The highest BCUT2D eigenvalue weighted by molar-refractivity contribution is 8.00. The molecule has 1 aliphatic carbocycles. The van der Waals surface area contributed by atoms with Gasteiger partial charge in [0.05, 0.1) is 17.7 Å². The summed E-state index contributed by atoms with van der Waals surface area (Å²) in [6, 6.07) is 5.91. The topological polar surface area (TPSA) is 75.4 Å². The van der Waals surface area contributed by atoms with E-state index in [1.54, 1.807) is 16.7 Å². The first-order chi connectivity index (χ1) is 10.1. The number of anilines is 1. The molecule has 1 aliphatic heterocycles. The van der Waals surface area contributed by atoms with Gasteiger partial charge in [0.15, 0.2) is 0 Å². The first-order valence-corrected chi connectivity index (χ1v) is 8.32. The number of aryl methyl sites for hydroxylation is 1. The minimum atomic E-state index is -0.0828. The molecule has 0 bridgehead atoms. The van der Waals surface area contributed by atoms with Gasteiger partial charge in [-0.1, -0.05) is 6.07 Å². The molecule has 0 aromatic heterocycles. The summed E-state index contributed by atoms with van der Waals surface area (Å²) in [5, 5.41) is 3.06. The predicted octanol–water partition coefficient (Wildman–Crippen LogP) is 1.72. The number of benzene rings is 1. The average Bonchev–Trinajstić information content (AvgIpc) is 2.84. The van der Waals surface area contributed by atoms with E-state index in [0.29, 0.717) is 11.6 Å². The minimum absolute atomic E-state index is 0. The van der Waals surface area contributed by atoms with Crippen LogP contribution in [0.2, 0.25) is 0 Å². The standard InChI is InChI=1S/C15H19N3O2S.ClH/c16-11-4-5-12-10(6-11)2-1-3-13(12)17-14(19)7-18-9-21-8-15(18)20;/h4-6,13H,1-3,7-9,16H2,(H,17,19);1H. The lowest BCUT2D eigenvalue weighted by atomic mass is 9.87. The van der Waals surface area contributed by atoms with Crippen molar-refractivity contribution in [1.82, 2.24) is 10.2 Å². The number of nitrogens with one attached hydrogen (secondary N) is 1. The maximum absolute atomic E-state index is 12.2. The number of halogens is 1. The third-order valence-electron chi connectivity index (χ3n) is 3.98. The molecule has 22 heavy (non-hydrogen) atoms. The largest absolute Gasteiger partial charge is 0.399 e. The van der Waals surface area contributed by atoms with Gasteiger partial charge in [0, 0.05) is 5.69 Å².